The molecule has 0 amide bonds. The molecule has 0 aromatic carbocycles. The molecular formula is C12H14Cl2O4. The Morgan fingerprint density at radius 2 is 1.89 bits per heavy atom. The van der Waals surface area contributed by atoms with E-state index >= 15 is 0 Å². The summed E-state index contributed by atoms with van der Waals surface area (Å²) in [6.45, 7) is 6.74. The highest BCUT2D eigenvalue weighted by atomic mass is 35.5. The monoisotopic (exact) mass is 292 g/mol. The van der Waals surface area contributed by atoms with Crippen LogP contribution in [0, 0.1) is 0 Å². The lowest BCUT2D eigenvalue weighted by Gasteiger charge is -2.16. The number of carbonyl (C=O) groups excluding carboxylic acids is 3. The standard InChI is InChI=1S/C12H14Cl2O4/c1-4-9(18-12(17)7(2)3)5-8(11(14)16)6-10(13)15/h6,9H,2,4-5H2,1,3H3/b8-6-. The van der Waals surface area contributed by atoms with Crippen LogP contribution in [0.25, 0.3) is 0 Å². The molecule has 0 radical (unpaired) electrons. The molecular weight excluding hydrogens is 279 g/mol. The second-order valence-corrected chi connectivity index (χ2v) is 4.38. The smallest absolute Gasteiger partial charge is 0.333 e. The van der Waals surface area contributed by atoms with Crippen molar-refractivity contribution in [1.82, 2.24) is 0 Å². The Labute approximate surface area is 116 Å². The number of ether oxygens (including phenoxy) is 1. The molecule has 0 saturated heterocycles. The highest BCUT2D eigenvalue weighted by Gasteiger charge is 2.18. The average Bonchev–Trinajstić information content (AvgIpc) is 2.25. The van der Waals surface area contributed by atoms with E-state index in [4.69, 9.17) is 27.9 Å². The fraction of sp³-hybridized carbons (Fsp3) is 0.417. The largest absolute Gasteiger partial charge is 0.459 e. The first-order valence-electron chi connectivity index (χ1n) is 5.24. The fourth-order valence-corrected chi connectivity index (χ4v) is 1.36. The molecule has 0 N–H and O–H groups in total. The van der Waals surface area contributed by atoms with Crippen LogP contribution >= 0.6 is 23.2 Å². The molecule has 0 heterocycles. The van der Waals surface area contributed by atoms with Gasteiger partial charge < -0.3 is 4.74 Å². The lowest BCUT2D eigenvalue weighted by atomic mass is 10.1. The molecule has 18 heavy (non-hydrogen) atoms. The Hall–Kier alpha value is -1.13. The first kappa shape index (κ1) is 16.9. The highest BCUT2D eigenvalue weighted by Crippen LogP contribution is 2.16. The SMILES string of the molecule is C=C(C)C(=O)OC(CC)C/C(=C/C(=O)Cl)C(=O)Cl. The summed E-state index contributed by atoms with van der Waals surface area (Å²) in [5, 5.41) is -1.60. The van der Waals surface area contributed by atoms with E-state index < -0.39 is 22.6 Å². The van der Waals surface area contributed by atoms with Crippen LogP contribution < -0.4 is 0 Å². The summed E-state index contributed by atoms with van der Waals surface area (Å²) in [5.41, 5.74) is 0.266. The zero-order valence-corrected chi connectivity index (χ0v) is 11.7. The number of hydrogen-bond donors (Lipinski definition) is 0. The first-order valence-corrected chi connectivity index (χ1v) is 5.99. The van der Waals surface area contributed by atoms with Gasteiger partial charge >= 0.3 is 5.97 Å². The van der Waals surface area contributed by atoms with Crippen molar-refractivity contribution in [2.45, 2.75) is 32.8 Å². The van der Waals surface area contributed by atoms with Crippen molar-refractivity contribution in [3.8, 4) is 0 Å². The summed E-state index contributed by atoms with van der Waals surface area (Å²) in [6, 6.07) is 0. The van der Waals surface area contributed by atoms with Crippen LogP contribution in [0.4, 0.5) is 0 Å². The van der Waals surface area contributed by atoms with E-state index in [9.17, 15) is 14.4 Å². The molecule has 0 bridgehead atoms. The van der Waals surface area contributed by atoms with Crippen LogP contribution in [-0.4, -0.2) is 22.6 Å². The van der Waals surface area contributed by atoms with Crippen molar-refractivity contribution < 1.29 is 19.1 Å². The maximum atomic E-state index is 11.3. The Balaban J connectivity index is 4.78. The van der Waals surface area contributed by atoms with Crippen LogP contribution in [-0.2, 0) is 19.1 Å². The van der Waals surface area contributed by atoms with Gasteiger partial charge in [-0.2, -0.15) is 0 Å². The van der Waals surface area contributed by atoms with Crippen LogP contribution in [0.1, 0.15) is 26.7 Å². The van der Waals surface area contributed by atoms with E-state index in [-0.39, 0.29) is 17.6 Å². The molecule has 6 heteroatoms. The first-order chi connectivity index (χ1) is 8.27. The van der Waals surface area contributed by atoms with Crippen LogP contribution in [0.5, 0.6) is 0 Å². The Bertz CT molecular complexity index is 399. The van der Waals surface area contributed by atoms with Crippen molar-refractivity contribution in [2.75, 3.05) is 0 Å². The topological polar surface area (TPSA) is 60.4 Å². The molecule has 0 aliphatic heterocycles. The third-order valence-corrected chi connectivity index (χ3v) is 2.42. The molecule has 0 aliphatic carbocycles. The normalized spacial score (nSPS) is 12.8. The molecule has 1 unspecified atom stereocenters. The number of hydrogen-bond acceptors (Lipinski definition) is 4. The van der Waals surface area contributed by atoms with Gasteiger partial charge in [0.25, 0.3) is 0 Å². The zero-order valence-electron chi connectivity index (χ0n) is 10.2. The second kappa shape index (κ2) is 8.06. The zero-order chi connectivity index (χ0) is 14.3. The molecule has 0 aromatic heterocycles. The molecule has 0 aliphatic rings. The van der Waals surface area contributed by atoms with Gasteiger partial charge in [0, 0.05) is 23.6 Å². The summed E-state index contributed by atoms with van der Waals surface area (Å²) in [6.07, 6.45) is 0.876. The van der Waals surface area contributed by atoms with Gasteiger partial charge in [-0.3, -0.25) is 9.59 Å². The minimum absolute atomic E-state index is 0.0121. The van der Waals surface area contributed by atoms with Gasteiger partial charge in [0.1, 0.15) is 6.10 Å². The molecule has 100 valence electrons. The van der Waals surface area contributed by atoms with Crippen LogP contribution in [0.3, 0.4) is 0 Å². The summed E-state index contributed by atoms with van der Waals surface area (Å²) in [7, 11) is 0. The fourth-order valence-electron chi connectivity index (χ4n) is 1.10. The quantitative estimate of drug-likeness (QED) is 0.411. The molecule has 0 spiro atoms. The van der Waals surface area contributed by atoms with E-state index in [0.717, 1.165) is 6.08 Å². The van der Waals surface area contributed by atoms with Gasteiger partial charge in [0.15, 0.2) is 0 Å². The van der Waals surface area contributed by atoms with E-state index in [2.05, 4.69) is 6.58 Å². The maximum Gasteiger partial charge on any atom is 0.333 e. The maximum absolute atomic E-state index is 11.3. The third-order valence-electron chi connectivity index (χ3n) is 2.07. The lowest BCUT2D eigenvalue weighted by Crippen LogP contribution is -2.19. The van der Waals surface area contributed by atoms with Gasteiger partial charge in [-0.25, -0.2) is 4.79 Å². The molecule has 0 fully saturated rings. The lowest BCUT2D eigenvalue weighted by molar-refractivity contribution is -0.144. The van der Waals surface area contributed by atoms with Crippen molar-refractivity contribution in [2.24, 2.45) is 0 Å². The summed E-state index contributed by atoms with van der Waals surface area (Å²) in [4.78, 5) is 33.1. The van der Waals surface area contributed by atoms with Gasteiger partial charge in [-0.1, -0.05) is 13.5 Å². The second-order valence-electron chi connectivity index (χ2n) is 3.67. The van der Waals surface area contributed by atoms with Gasteiger partial charge in [0.05, 0.1) is 0 Å². The van der Waals surface area contributed by atoms with Gasteiger partial charge in [-0.15, -0.1) is 0 Å². The van der Waals surface area contributed by atoms with Crippen LogP contribution in [0.15, 0.2) is 23.8 Å². The van der Waals surface area contributed by atoms with Gasteiger partial charge in [-0.05, 0) is 36.5 Å². The van der Waals surface area contributed by atoms with E-state index in [1.54, 1.807) is 6.92 Å². The number of rotatable bonds is 7. The minimum Gasteiger partial charge on any atom is -0.459 e. The minimum atomic E-state index is -0.805. The van der Waals surface area contributed by atoms with E-state index in [1.165, 1.54) is 6.92 Å². The van der Waals surface area contributed by atoms with Crippen molar-refractivity contribution in [1.29, 1.82) is 0 Å². The Morgan fingerprint density at radius 1 is 1.33 bits per heavy atom. The number of esters is 1. The molecule has 0 aromatic rings. The summed E-state index contributed by atoms with van der Waals surface area (Å²) in [5.74, 6) is -0.555. The number of allylic oxidation sites excluding steroid dienone is 1. The third kappa shape index (κ3) is 6.57. The van der Waals surface area contributed by atoms with Crippen LogP contribution in [0.2, 0.25) is 0 Å². The average molecular weight is 293 g/mol. The number of carbonyl (C=O) groups is 3. The Kier molecular flexibility index (Phi) is 7.55. The number of halogens is 2. The van der Waals surface area contributed by atoms with Crippen molar-refractivity contribution in [3.05, 3.63) is 23.8 Å². The predicted molar refractivity (Wildman–Crippen MR) is 69.4 cm³/mol. The Morgan fingerprint density at radius 3 is 2.22 bits per heavy atom. The van der Waals surface area contributed by atoms with Crippen molar-refractivity contribution in [3.63, 3.8) is 0 Å². The van der Waals surface area contributed by atoms with E-state index in [1.807, 2.05) is 0 Å². The molecule has 0 rings (SSSR count). The highest BCUT2D eigenvalue weighted by molar-refractivity contribution is 6.70. The molecule has 1 atom stereocenters. The summed E-state index contributed by atoms with van der Waals surface area (Å²) >= 11 is 10.5. The molecule has 0 saturated carbocycles. The van der Waals surface area contributed by atoms with Crippen molar-refractivity contribution >= 4 is 39.7 Å². The van der Waals surface area contributed by atoms with Gasteiger partial charge in [0.2, 0.25) is 10.5 Å². The summed E-state index contributed by atoms with van der Waals surface area (Å²) < 4.78 is 5.08. The predicted octanol–water partition coefficient (Wildman–Crippen LogP) is 2.73. The molecule has 4 nitrogen and oxygen atoms in total. The van der Waals surface area contributed by atoms with E-state index in [0.29, 0.717) is 6.42 Å².